The molecule has 2 N–H and O–H groups in total. The molecule has 1 aliphatic heterocycles. The van der Waals surface area contributed by atoms with Crippen molar-refractivity contribution in [3.8, 4) is 0 Å². The molecule has 0 aromatic heterocycles. The third-order valence-corrected chi connectivity index (χ3v) is 4.07. The van der Waals surface area contributed by atoms with Gasteiger partial charge in [0.15, 0.2) is 0 Å². The van der Waals surface area contributed by atoms with Crippen molar-refractivity contribution in [2.45, 2.75) is 25.9 Å². The number of piperazine rings is 1. The minimum atomic E-state index is -0.501. The number of hydrogen-bond donors (Lipinski definition) is 1. The predicted octanol–water partition coefficient (Wildman–Crippen LogP) is 1.97. The Kier molecular flexibility index (Phi) is 3.74. The van der Waals surface area contributed by atoms with Gasteiger partial charge in [0.2, 0.25) is 5.91 Å². The van der Waals surface area contributed by atoms with E-state index in [-0.39, 0.29) is 5.91 Å². The van der Waals surface area contributed by atoms with Gasteiger partial charge in [-0.15, -0.1) is 0 Å². The Hall–Kier alpha value is -1.26. The van der Waals surface area contributed by atoms with Gasteiger partial charge in [0, 0.05) is 37.4 Å². The SMILES string of the molecule is CN1CCN(Cc2ccc(Cl)cc2N)C(C)(C)C1=O. The lowest BCUT2D eigenvalue weighted by Crippen LogP contribution is -2.61. The zero-order valence-corrected chi connectivity index (χ0v) is 12.4. The van der Waals surface area contributed by atoms with Crippen molar-refractivity contribution in [3.05, 3.63) is 28.8 Å². The highest BCUT2D eigenvalue weighted by atomic mass is 35.5. The lowest BCUT2D eigenvalue weighted by Gasteiger charge is -2.44. The monoisotopic (exact) mass is 281 g/mol. The van der Waals surface area contributed by atoms with Crippen LogP contribution in [0.4, 0.5) is 5.69 Å². The number of carbonyl (C=O) groups excluding carboxylic acids is 1. The number of benzene rings is 1. The Labute approximate surface area is 119 Å². The first-order chi connectivity index (χ1) is 8.82. The van der Waals surface area contributed by atoms with E-state index in [2.05, 4.69) is 4.90 Å². The van der Waals surface area contributed by atoms with Crippen LogP contribution in [0.1, 0.15) is 19.4 Å². The summed E-state index contributed by atoms with van der Waals surface area (Å²) in [7, 11) is 1.85. The molecule has 2 rings (SSSR count). The molecule has 1 aliphatic rings. The largest absolute Gasteiger partial charge is 0.398 e. The molecule has 1 amide bonds. The van der Waals surface area contributed by atoms with Crippen molar-refractivity contribution in [2.75, 3.05) is 25.9 Å². The summed E-state index contributed by atoms with van der Waals surface area (Å²) >= 11 is 5.90. The van der Waals surface area contributed by atoms with Gasteiger partial charge in [-0.05, 0) is 31.5 Å². The Morgan fingerprint density at radius 1 is 1.37 bits per heavy atom. The highest BCUT2D eigenvalue weighted by Gasteiger charge is 2.40. The van der Waals surface area contributed by atoms with Crippen molar-refractivity contribution >= 4 is 23.2 Å². The summed E-state index contributed by atoms with van der Waals surface area (Å²) in [5, 5.41) is 0.634. The first-order valence-electron chi connectivity index (χ1n) is 6.37. The third-order valence-electron chi connectivity index (χ3n) is 3.84. The van der Waals surface area contributed by atoms with Gasteiger partial charge in [0.1, 0.15) is 0 Å². The predicted molar refractivity (Wildman–Crippen MR) is 78.0 cm³/mol. The average molecular weight is 282 g/mol. The fraction of sp³-hybridized carbons (Fsp3) is 0.500. The van der Waals surface area contributed by atoms with Gasteiger partial charge >= 0.3 is 0 Å². The standard InChI is InChI=1S/C14H20ClN3O/c1-14(2)13(19)17(3)6-7-18(14)9-10-4-5-11(15)8-12(10)16/h4-5,8H,6-7,9,16H2,1-3H3. The molecule has 0 atom stereocenters. The van der Waals surface area contributed by atoms with Gasteiger partial charge in [-0.1, -0.05) is 17.7 Å². The Balaban J connectivity index is 2.21. The van der Waals surface area contributed by atoms with Crippen LogP contribution in [0.5, 0.6) is 0 Å². The van der Waals surface area contributed by atoms with Crippen LogP contribution in [0.15, 0.2) is 18.2 Å². The van der Waals surface area contributed by atoms with Crippen molar-refractivity contribution in [1.82, 2.24) is 9.80 Å². The maximum Gasteiger partial charge on any atom is 0.242 e. The summed E-state index contributed by atoms with van der Waals surface area (Å²) in [5.74, 6) is 0.145. The summed E-state index contributed by atoms with van der Waals surface area (Å²) in [5.41, 5.74) is 7.17. The van der Waals surface area contributed by atoms with Crippen LogP contribution in [-0.4, -0.2) is 41.4 Å². The summed E-state index contributed by atoms with van der Waals surface area (Å²) in [6.07, 6.45) is 0. The first kappa shape index (κ1) is 14.2. The van der Waals surface area contributed by atoms with E-state index in [0.717, 1.165) is 18.7 Å². The van der Waals surface area contributed by atoms with Gasteiger partial charge in [-0.3, -0.25) is 9.69 Å². The summed E-state index contributed by atoms with van der Waals surface area (Å²) in [6.45, 7) is 6.16. The molecule has 19 heavy (non-hydrogen) atoms. The molecule has 1 fully saturated rings. The van der Waals surface area contributed by atoms with Crippen LogP contribution in [0.25, 0.3) is 0 Å². The van der Waals surface area contributed by atoms with Gasteiger partial charge in [0.05, 0.1) is 5.54 Å². The van der Waals surface area contributed by atoms with Gasteiger partial charge in [0.25, 0.3) is 0 Å². The van der Waals surface area contributed by atoms with Crippen LogP contribution < -0.4 is 5.73 Å². The number of anilines is 1. The van der Waals surface area contributed by atoms with Crippen LogP contribution in [0.3, 0.4) is 0 Å². The Morgan fingerprint density at radius 3 is 2.68 bits per heavy atom. The van der Waals surface area contributed by atoms with Crippen LogP contribution in [0, 0.1) is 0 Å². The minimum Gasteiger partial charge on any atom is -0.398 e. The van der Waals surface area contributed by atoms with Crippen molar-refractivity contribution < 1.29 is 4.79 Å². The number of nitrogens with zero attached hydrogens (tertiary/aromatic N) is 2. The quantitative estimate of drug-likeness (QED) is 0.844. The molecule has 1 heterocycles. The number of carbonyl (C=O) groups is 1. The molecule has 5 heteroatoms. The molecule has 4 nitrogen and oxygen atoms in total. The fourth-order valence-corrected chi connectivity index (χ4v) is 2.63. The molecule has 0 aliphatic carbocycles. The fourth-order valence-electron chi connectivity index (χ4n) is 2.45. The van der Waals surface area contributed by atoms with Gasteiger partial charge in [-0.2, -0.15) is 0 Å². The Morgan fingerprint density at radius 2 is 2.05 bits per heavy atom. The highest BCUT2D eigenvalue weighted by Crippen LogP contribution is 2.26. The number of rotatable bonds is 2. The smallest absolute Gasteiger partial charge is 0.242 e. The second-order valence-corrected chi connectivity index (χ2v) is 5.99. The van der Waals surface area contributed by atoms with Gasteiger partial charge in [-0.25, -0.2) is 0 Å². The summed E-state index contributed by atoms with van der Waals surface area (Å²) in [6, 6.07) is 5.51. The van der Waals surface area contributed by atoms with E-state index >= 15 is 0 Å². The number of likely N-dealkylation sites (N-methyl/N-ethyl adjacent to an activating group) is 1. The van der Waals surface area contributed by atoms with Crippen LogP contribution in [-0.2, 0) is 11.3 Å². The maximum atomic E-state index is 12.2. The number of nitrogens with two attached hydrogens (primary N) is 1. The topological polar surface area (TPSA) is 49.6 Å². The molecule has 0 spiro atoms. The average Bonchev–Trinajstić information content (AvgIpc) is 2.33. The molecule has 1 aromatic rings. The van der Waals surface area contributed by atoms with Crippen molar-refractivity contribution in [2.24, 2.45) is 0 Å². The second-order valence-electron chi connectivity index (χ2n) is 5.55. The second kappa shape index (κ2) is 5.02. The van der Waals surface area contributed by atoms with E-state index in [1.165, 1.54) is 0 Å². The third kappa shape index (κ3) is 2.69. The van der Waals surface area contributed by atoms with Gasteiger partial charge < -0.3 is 10.6 Å². The van der Waals surface area contributed by atoms with Crippen LogP contribution >= 0.6 is 11.6 Å². The Bertz CT molecular complexity index is 501. The molecule has 1 saturated heterocycles. The molecule has 0 unspecified atom stereocenters. The number of hydrogen-bond acceptors (Lipinski definition) is 3. The number of amides is 1. The number of halogens is 1. The van der Waals surface area contributed by atoms with E-state index < -0.39 is 5.54 Å². The molecule has 104 valence electrons. The zero-order valence-electron chi connectivity index (χ0n) is 11.6. The van der Waals surface area contributed by atoms with E-state index in [1.54, 1.807) is 11.0 Å². The maximum absolute atomic E-state index is 12.2. The minimum absolute atomic E-state index is 0.145. The molecule has 1 aromatic carbocycles. The van der Waals surface area contributed by atoms with E-state index in [9.17, 15) is 4.79 Å². The molecule has 0 bridgehead atoms. The summed E-state index contributed by atoms with van der Waals surface area (Å²) in [4.78, 5) is 16.2. The summed E-state index contributed by atoms with van der Waals surface area (Å²) < 4.78 is 0. The highest BCUT2D eigenvalue weighted by molar-refractivity contribution is 6.30. The lowest BCUT2D eigenvalue weighted by molar-refractivity contribution is -0.147. The zero-order chi connectivity index (χ0) is 14.2. The molecule has 0 radical (unpaired) electrons. The lowest BCUT2D eigenvalue weighted by atomic mass is 9.96. The normalized spacial score (nSPS) is 19.8. The molecular weight excluding hydrogens is 262 g/mol. The van der Waals surface area contributed by atoms with Crippen molar-refractivity contribution in [3.63, 3.8) is 0 Å². The first-order valence-corrected chi connectivity index (χ1v) is 6.74. The molecular formula is C14H20ClN3O. The molecule has 0 saturated carbocycles. The van der Waals surface area contributed by atoms with E-state index in [1.807, 2.05) is 33.0 Å². The van der Waals surface area contributed by atoms with E-state index in [4.69, 9.17) is 17.3 Å². The van der Waals surface area contributed by atoms with Crippen molar-refractivity contribution in [1.29, 1.82) is 0 Å². The van der Waals surface area contributed by atoms with E-state index in [0.29, 0.717) is 17.3 Å². The van der Waals surface area contributed by atoms with Crippen LogP contribution in [0.2, 0.25) is 5.02 Å². The number of nitrogen functional groups attached to an aromatic ring is 1.